The maximum Gasteiger partial charge on any atom is 0.168 e. The van der Waals surface area contributed by atoms with E-state index in [0.29, 0.717) is 16.9 Å². The minimum atomic E-state index is -3.12. The summed E-state index contributed by atoms with van der Waals surface area (Å²) >= 11 is 0. The first-order chi connectivity index (χ1) is 14.1. The molecule has 0 unspecified atom stereocenters. The second-order valence-electron chi connectivity index (χ2n) is 8.75. The average Bonchev–Trinajstić information content (AvgIpc) is 2.65. The summed E-state index contributed by atoms with van der Waals surface area (Å²) in [5, 5.41) is 9.55. The zero-order valence-corrected chi connectivity index (χ0v) is 20.2. The Hall–Kier alpha value is -1.99. The molecule has 2 aromatic rings. The molecule has 0 spiro atoms. The number of rotatable bonds is 7. The van der Waals surface area contributed by atoms with E-state index >= 15 is 0 Å². The minimum absolute atomic E-state index is 0.0347. The maximum absolute atomic E-state index is 13.6. The number of ether oxygens (including phenoxy) is 1. The van der Waals surface area contributed by atoms with Crippen molar-refractivity contribution in [3.63, 3.8) is 0 Å². The van der Waals surface area contributed by atoms with Crippen molar-refractivity contribution in [3.8, 4) is 11.5 Å². The Balaban J connectivity index is 0.000000452. The minimum Gasteiger partial charge on any atom is -0.454 e. The first-order valence-electron chi connectivity index (χ1n) is 10.3. The first kappa shape index (κ1) is 27.0. The lowest BCUT2D eigenvalue weighted by molar-refractivity contribution is -0.0366. The molecule has 0 aliphatic carbocycles. The van der Waals surface area contributed by atoms with Gasteiger partial charge >= 0.3 is 0 Å². The molecule has 0 radical (unpaired) electrons. The lowest BCUT2D eigenvalue weighted by Gasteiger charge is -2.36. The molecule has 2 rings (SSSR count). The molecular formula is C24H34F2O4S. The van der Waals surface area contributed by atoms with E-state index in [0.717, 1.165) is 18.6 Å². The van der Waals surface area contributed by atoms with E-state index in [9.17, 15) is 22.3 Å². The predicted octanol–water partition coefficient (Wildman–Crippen LogP) is 6.19. The lowest BCUT2D eigenvalue weighted by Crippen LogP contribution is -2.38. The van der Waals surface area contributed by atoms with E-state index in [1.807, 2.05) is 13.8 Å². The first-order valence-corrected chi connectivity index (χ1v) is 12.1. The molecule has 31 heavy (non-hydrogen) atoms. The highest BCUT2D eigenvalue weighted by Crippen LogP contribution is 2.33. The van der Waals surface area contributed by atoms with E-state index in [-0.39, 0.29) is 22.7 Å². The smallest absolute Gasteiger partial charge is 0.168 e. The summed E-state index contributed by atoms with van der Waals surface area (Å²) in [5.41, 5.74) is 0.799. The molecule has 2 aromatic carbocycles. The zero-order chi connectivity index (χ0) is 24.0. The van der Waals surface area contributed by atoms with Gasteiger partial charge in [0, 0.05) is 11.8 Å². The Labute approximate surface area is 185 Å². The van der Waals surface area contributed by atoms with Gasteiger partial charge in [0.1, 0.15) is 11.6 Å². The molecule has 0 aliphatic rings. The van der Waals surface area contributed by atoms with Crippen molar-refractivity contribution < 1.29 is 27.0 Å². The number of benzene rings is 2. The molecule has 0 saturated carbocycles. The average molecular weight is 457 g/mol. The van der Waals surface area contributed by atoms with Crippen LogP contribution in [-0.4, -0.2) is 24.9 Å². The summed E-state index contributed by atoms with van der Waals surface area (Å²) < 4.78 is 55.1. The summed E-state index contributed by atoms with van der Waals surface area (Å²) in [7, 11) is -3.12. The van der Waals surface area contributed by atoms with E-state index in [1.165, 1.54) is 6.07 Å². The van der Waals surface area contributed by atoms with Crippen LogP contribution >= 0.6 is 0 Å². The summed E-state index contributed by atoms with van der Waals surface area (Å²) in [6, 6.07) is 7.95. The fourth-order valence-corrected chi connectivity index (χ4v) is 3.27. The number of halogens is 2. The van der Waals surface area contributed by atoms with Crippen molar-refractivity contribution in [2.45, 2.75) is 66.2 Å². The standard InChI is InChI=1S/C16H16F2O3S.C8H18O/c1-3-22(19,20)10-12-4-6-15(11(2)8-12)21-16-7-5-13(17)9-14(16)18;1-6-7(2,3)8(4,5)9/h4-9H,3,10H2,1-2H3;9H,6H2,1-5H3. The van der Waals surface area contributed by atoms with Crippen molar-refractivity contribution in [3.05, 3.63) is 59.2 Å². The molecular weight excluding hydrogens is 422 g/mol. The Morgan fingerprint density at radius 1 is 0.968 bits per heavy atom. The van der Waals surface area contributed by atoms with Gasteiger partial charge in [-0.1, -0.05) is 39.8 Å². The molecule has 0 fully saturated rings. The Bertz CT molecular complexity index is 978. The number of hydrogen-bond acceptors (Lipinski definition) is 4. The normalized spacial score (nSPS) is 12.2. The van der Waals surface area contributed by atoms with Gasteiger partial charge in [-0.2, -0.15) is 0 Å². The van der Waals surface area contributed by atoms with Gasteiger partial charge in [-0.05, 0) is 61.9 Å². The molecule has 0 atom stereocenters. The topological polar surface area (TPSA) is 63.6 Å². The zero-order valence-electron chi connectivity index (χ0n) is 19.4. The van der Waals surface area contributed by atoms with Crippen molar-refractivity contribution in [2.75, 3.05) is 5.75 Å². The molecule has 4 nitrogen and oxygen atoms in total. The molecule has 0 heterocycles. The van der Waals surface area contributed by atoms with Crippen LogP contribution in [0.4, 0.5) is 8.78 Å². The Kier molecular flexibility index (Phi) is 9.20. The number of hydrogen-bond donors (Lipinski definition) is 1. The third-order valence-corrected chi connectivity index (χ3v) is 7.37. The highest BCUT2D eigenvalue weighted by molar-refractivity contribution is 7.90. The van der Waals surface area contributed by atoms with Gasteiger partial charge in [0.2, 0.25) is 0 Å². The van der Waals surface area contributed by atoms with Crippen LogP contribution in [0.25, 0.3) is 0 Å². The van der Waals surface area contributed by atoms with Crippen LogP contribution in [0.1, 0.15) is 59.1 Å². The number of aryl methyl sites for hydroxylation is 1. The monoisotopic (exact) mass is 456 g/mol. The van der Waals surface area contributed by atoms with Gasteiger partial charge in [0.15, 0.2) is 21.4 Å². The highest BCUT2D eigenvalue weighted by atomic mass is 32.2. The number of sulfone groups is 1. The summed E-state index contributed by atoms with van der Waals surface area (Å²) in [4.78, 5) is 0. The van der Waals surface area contributed by atoms with E-state index in [2.05, 4.69) is 20.8 Å². The number of aliphatic hydroxyl groups is 1. The maximum atomic E-state index is 13.6. The van der Waals surface area contributed by atoms with Gasteiger partial charge in [0.05, 0.1) is 11.4 Å². The second-order valence-corrected chi connectivity index (χ2v) is 11.1. The quantitative estimate of drug-likeness (QED) is 0.539. The lowest BCUT2D eigenvalue weighted by atomic mass is 9.75. The second kappa shape index (κ2) is 10.6. The molecule has 0 bridgehead atoms. The van der Waals surface area contributed by atoms with Gasteiger partial charge in [0.25, 0.3) is 0 Å². The van der Waals surface area contributed by atoms with Crippen molar-refractivity contribution in [1.82, 2.24) is 0 Å². The highest BCUT2D eigenvalue weighted by Gasteiger charge is 2.32. The largest absolute Gasteiger partial charge is 0.454 e. The fraction of sp³-hybridized carbons (Fsp3) is 0.500. The fourth-order valence-electron chi connectivity index (χ4n) is 2.38. The molecule has 174 valence electrons. The van der Waals surface area contributed by atoms with Crippen LogP contribution < -0.4 is 4.74 Å². The molecule has 0 aromatic heterocycles. The van der Waals surface area contributed by atoms with Crippen molar-refractivity contribution in [1.29, 1.82) is 0 Å². The molecule has 7 heteroatoms. The van der Waals surface area contributed by atoms with E-state index in [4.69, 9.17) is 4.74 Å². The Morgan fingerprint density at radius 3 is 1.97 bits per heavy atom. The summed E-state index contributed by atoms with van der Waals surface area (Å²) in [6.45, 7) is 13.3. The van der Waals surface area contributed by atoms with Crippen LogP contribution in [0.15, 0.2) is 36.4 Å². The SMILES string of the molecule is CCC(C)(C)C(C)(C)O.CCS(=O)(=O)Cc1ccc(Oc2ccc(F)cc2F)c(C)c1. The van der Waals surface area contributed by atoms with Gasteiger partial charge in [-0.15, -0.1) is 0 Å². The Morgan fingerprint density at radius 2 is 1.55 bits per heavy atom. The third kappa shape index (κ3) is 8.22. The molecule has 1 N–H and O–H groups in total. The van der Waals surface area contributed by atoms with Crippen LogP contribution in [0.3, 0.4) is 0 Å². The van der Waals surface area contributed by atoms with Crippen LogP contribution in [0, 0.1) is 24.0 Å². The summed E-state index contributed by atoms with van der Waals surface area (Å²) in [6.07, 6.45) is 1.01. The molecule has 0 amide bonds. The van der Waals surface area contributed by atoms with Crippen molar-refractivity contribution in [2.24, 2.45) is 5.41 Å². The van der Waals surface area contributed by atoms with Gasteiger partial charge in [-0.3, -0.25) is 0 Å². The summed E-state index contributed by atoms with van der Waals surface area (Å²) in [5.74, 6) is -1.14. The predicted molar refractivity (Wildman–Crippen MR) is 121 cm³/mol. The van der Waals surface area contributed by atoms with Crippen LogP contribution in [-0.2, 0) is 15.6 Å². The van der Waals surface area contributed by atoms with Gasteiger partial charge < -0.3 is 9.84 Å². The van der Waals surface area contributed by atoms with Crippen molar-refractivity contribution >= 4 is 9.84 Å². The van der Waals surface area contributed by atoms with Crippen LogP contribution in [0.2, 0.25) is 0 Å². The molecule has 0 saturated heterocycles. The van der Waals surface area contributed by atoms with E-state index < -0.39 is 27.1 Å². The van der Waals surface area contributed by atoms with Gasteiger partial charge in [-0.25, -0.2) is 17.2 Å². The van der Waals surface area contributed by atoms with E-state index in [1.54, 1.807) is 32.0 Å². The molecule has 0 aliphatic heterocycles. The van der Waals surface area contributed by atoms with Crippen LogP contribution in [0.5, 0.6) is 11.5 Å². The third-order valence-electron chi connectivity index (χ3n) is 5.72.